The molecule has 4 rings (SSSR count). The van der Waals surface area contributed by atoms with Gasteiger partial charge in [0.05, 0.1) is 10.4 Å². The third-order valence-corrected chi connectivity index (χ3v) is 5.86. The van der Waals surface area contributed by atoms with Crippen molar-refractivity contribution in [2.45, 2.75) is 24.7 Å². The van der Waals surface area contributed by atoms with Crippen LogP contribution in [0.25, 0.3) is 0 Å². The summed E-state index contributed by atoms with van der Waals surface area (Å²) < 4.78 is 41.1. The van der Waals surface area contributed by atoms with E-state index in [0.717, 1.165) is 18.6 Å². The van der Waals surface area contributed by atoms with Gasteiger partial charge in [-0.2, -0.15) is 0 Å². The highest BCUT2D eigenvalue weighted by Crippen LogP contribution is 2.44. The van der Waals surface area contributed by atoms with E-state index in [1.54, 1.807) is 6.07 Å². The van der Waals surface area contributed by atoms with Crippen LogP contribution in [-0.2, 0) is 10.2 Å². The summed E-state index contributed by atoms with van der Waals surface area (Å²) in [6, 6.07) is 10.5. The molecule has 164 valence electrons. The second kappa shape index (κ2) is 8.63. The van der Waals surface area contributed by atoms with Crippen LogP contribution < -0.4 is 10.6 Å². The highest BCUT2D eigenvalue weighted by Gasteiger charge is 2.46. The molecule has 2 aromatic carbocycles. The van der Waals surface area contributed by atoms with Crippen LogP contribution in [0.2, 0.25) is 5.02 Å². The first-order chi connectivity index (χ1) is 15.3. The third kappa shape index (κ3) is 4.05. The fourth-order valence-electron chi connectivity index (χ4n) is 3.63. The minimum atomic E-state index is -1.16. The number of hydrogen-bond acceptors (Lipinski definition) is 3. The van der Waals surface area contributed by atoms with Crippen molar-refractivity contribution in [2.75, 3.05) is 10.6 Å². The first-order valence-corrected chi connectivity index (χ1v) is 10.2. The number of benzene rings is 2. The van der Waals surface area contributed by atoms with Crippen molar-refractivity contribution in [3.05, 3.63) is 88.3 Å². The fraction of sp³-hybridized carbons (Fsp3) is 0.174. The Hall–Kier alpha value is -3.39. The van der Waals surface area contributed by atoms with E-state index in [0.29, 0.717) is 24.1 Å². The summed E-state index contributed by atoms with van der Waals surface area (Å²) in [5.41, 5.74) is -0.487. The Kier molecular flexibility index (Phi) is 5.88. The number of carbonyl (C=O) groups is 2. The Morgan fingerprint density at radius 3 is 2.25 bits per heavy atom. The summed E-state index contributed by atoms with van der Waals surface area (Å²) in [5, 5.41) is 4.75. The van der Waals surface area contributed by atoms with Crippen LogP contribution in [-0.4, -0.2) is 16.8 Å². The van der Waals surface area contributed by atoms with Gasteiger partial charge in [0.25, 0.3) is 5.91 Å². The number of pyridine rings is 1. The molecule has 1 aromatic heterocycles. The molecule has 0 radical (unpaired) electrons. The molecule has 9 heteroatoms. The van der Waals surface area contributed by atoms with E-state index in [-0.39, 0.29) is 16.7 Å². The molecule has 1 fully saturated rings. The maximum absolute atomic E-state index is 14.1. The molecule has 0 aliphatic heterocycles. The lowest BCUT2D eigenvalue weighted by atomic mass is 9.64. The van der Waals surface area contributed by atoms with Gasteiger partial charge >= 0.3 is 0 Å². The average molecular weight is 460 g/mol. The Bertz CT molecular complexity index is 1180. The molecule has 5 nitrogen and oxygen atoms in total. The van der Waals surface area contributed by atoms with Crippen LogP contribution >= 0.6 is 11.6 Å². The number of nitrogens with zero attached hydrogens (tertiary/aromatic N) is 1. The number of rotatable bonds is 5. The van der Waals surface area contributed by atoms with Gasteiger partial charge in [0.15, 0.2) is 5.82 Å². The summed E-state index contributed by atoms with van der Waals surface area (Å²) in [7, 11) is 0. The Balaban J connectivity index is 1.51. The smallest absolute Gasteiger partial charge is 0.262 e. The van der Waals surface area contributed by atoms with Crippen LogP contribution in [0.4, 0.5) is 24.7 Å². The summed E-state index contributed by atoms with van der Waals surface area (Å²) >= 11 is 5.63. The van der Waals surface area contributed by atoms with Crippen LogP contribution in [0.1, 0.15) is 35.2 Å². The van der Waals surface area contributed by atoms with Gasteiger partial charge in [-0.25, -0.2) is 18.2 Å². The van der Waals surface area contributed by atoms with Gasteiger partial charge < -0.3 is 10.6 Å². The average Bonchev–Trinajstić information content (AvgIpc) is 2.73. The largest absolute Gasteiger partial charge is 0.325 e. The molecule has 0 saturated heterocycles. The Morgan fingerprint density at radius 2 is 1.66 bits per heavy atom. The minimum absolute atomic E-state index is 0.0611. The van der Waals surface area contributed by atoms with Crippen LogP contribution in [0.15, 0.2) is 54.7 Å². The number of aromatic nitrogens is 1. The summed E-state index contributed by atoms with van der Waals surface area (Å²) in [6.45, 7) is 0. The summed E-state index contributed by atoms with van der Waals surface area (Å²) in [6.07, 6.45) is 3.51. The number of carbonyl (C=O) groups excluding carboxylic acids is 2. The van der Waals surface area contributed by atoms with Gasteiger partial charge in [-0.3, -0.25) is 9.59 Å². The van der Waals surface area contributed by atoms with Crippen molar-refractivity contribution in [2.24, 2.45) is 0 Å². The number of amides is 2. The number of anilines is 2. The second-order valence-electron chi connectivity index (χ2n) is 7.50. The van der Waals surface area contributed by atoms with E-state index >= 15 is 0 Å². The van der Waals surface area contributed by atoms with Crippen LogP contribution in [0.3, 0.4) is 0 Å². The molecule has 0 atom stereocenters. The zero-order valence-corrected chi connectivity index (χ0v) is 17.3. The maximum atomic E-state index is 14.1. The normalized spacial score (nSPS) is 14.4. The third-order valence-electron chi connectivity index (χ3n) is 5.57. The Labute approximate surface area is 186 Å². The van der Waals surface area contributed by atoms with Crippen molar-refractivity contribution in [1.82, 2.24) is 4.98 Å². The molecule has 1 aliphatic rings. The molecular weight excluding hydrogens is 443 g/mol. The first kappa shape index (κ1) is 21.8. The van der Waals surface area contributed by atoms with E-state index in [9.17, 15) is 22.8 Å². The van der Waals surface area contributed by atoms with Gasteiger partial charge in [-0.05, 0) is 60.9 Å². The van der Waals surface area contributed by atoms with Crippen molar-refractivity contribution < 1.29 is 22.8 Å². The van der Waals surface area contributed by atoms with Crippen molar-refractivity contribution in [3.8, 4) is 0 Å². The van der Waals surface area contributed by atoms with Gasteiger partial charge in [-0.1, -0.05) is 24.1 Å². The lowest BCUT2D eigenvalue weighted by Gasteiger charge is -2.40. The summed E-state index contributed by atoms with van der Waals surface area (Å²) in [5.74, 6) is -3.82. The fourth-order valence-corrected chi connectivity index (χ4v) is 3.78. The monoisotopic (exact) mass is 459 g/mol. The van der Waals surface area contributed by atoms with Gasteiger partial charge in [-0.15, -0.1) is 0 Å². The molecule has 3 aromatic rings. The molecule has 1 aliphatic carbocycles. The minimum Gasteiger partial charge on any atom is -0.325 e. The van der Waals surface area contributed by atoms with Crippen molar-refractivity contribution >= 4 is 34.9 Å². The van der Waals surface area contributed by atoms with E-state index in [4.69, 9.17) is 11.6 Å². The molecule has 0 unspecified atom stereocenters. The maximum Gasteiger partial charge on any atom is 0.262 e. The molecule has 2 amide bonds. The van der Waals surface area contributed by atoms with Crippen molar-refractivity contribution in [3.63, 3.8) is 0 Å². The highest BCUT2D eigenvalue weighted by molar-refractivity contribution is 6.31. The van der Waals surface area contributed by atoms with E-state index < -0.39 is 34.3 Å². The Morgan fingerprint density at radius 1 is 0.938 bits per heavy atom. The second-order valence-corrected chi connectivity index (χ2v) is 7.91. The lowest BCUT2D eigenvalue weighted by molar-refractivity contribution is -0.124. The number of halogens is 4. The molecule has 1 saturated carbocycles. The molecular formula is C23H17ClF3N3O2. The quantitative estimate of drug-likeness (QED) is 0.497. The van der Waals surface area contributed by atoms with E-state index in [1.165, 1.54) is 36.5 Å². The van der Waals surface area contributed by atoms with Crippen LogP contribution in [0, 0.1) is 17.5 Å². The predicted molar refractivity (Wildman–Crippen MR) is 114 cm³/mol. The molecule has 0 bridgehead atoms. The van der Waals surface area contributed by atoms with E-state index in [2.05, 4.69) is 15.6 Å². The first-order valence-electron chi connectivity index (χ1n) is 9.78. The number of nitrogens with one attached hydrogen (secondary N) is 2. The van der Waals surface area contributed by atoms with Gasteiger partial charge in [0, 0.05) is 11.9 Å². The highest BCUT2D eigenvalue weighted by atomic mass is 35.5. The standard InChI is InChI=1S/C23H17ClF3N3O2/c24-16-7-8-17(26)19(20(16)27)21(31)30-18-9-2-13(12-28-18)23(10-1-11-23)22(32)29-15-5-3-14(25)4-6-15/h2-9,12H,1,10-11H2,(H,29,32)(H,28,30,31). The van der Waals surface area contributed by atoms with Crippen LogP contribution in [0.5, 0.6) is 0 Å². The molecule has 1 heterocycles. The number of hydrogen-bond donors (Lipinski definition) is 2. The van der Waals surface area contributed by atoms with Gasteiger partial charge in [0.1, 0.15) is 23.0 Å². The zero-order valence-electron chi connectivity index (χ0n) is 16.6. The lowest BCUT2D eigenvalue weighted by Crippen LogP contribution is -2.46. The molecule has 32 heavy (non-hydrogen) atoms. The van der Waals surface area contributed by atoms with E-state index in [1.807, 2.05) is 0 Å². The molecule has 0 spiro atoms. The van der Waals surface area contributed by atoms with Gasteiger partial charge in [0.2, 0.25) is 5.91 Å². The SMILES string of the molecule is O=C(Nc1ccc(C2(C(=O)Nc3ccc(F)cc3)CCC2)cn1)c1c(F)ccc(Cl)c1F. The zero-order chi connectivity index (χ0) is 22.9. The summed E-state index contributed by atoms with van der Waals surface area (Å²) in [4.78, 5) is 29.4. The predicted octanol–water partition coefficient (Wildman–Crippen LogP) is 5.47. The van der Waals surface area contributed by atoms with Crippen molar-refractivity contribution in [1.29, 1.82) is 0 Å². The topological polar surface area (TPSA) is 71.1 Å². The molecule has 2 N–H and O–H groups in total.